The lowest BCUT2D eigenvalue weighted by Gasteiger charge is -1.93. The van der Waals surface area contributed by atoms with E-state index in [2.05, 4.69) is 9.11 Å². The first-order chi connectivity index (χ1) is 4.75. The van der Waals surface area contributed by atoms with E-state index in [9.17, 15) is 4.79 Å². The number of hydrogen-bond donors (Lipinski definition) is 0. The van der Waals surface area contributed by atoms with E-state index in [0.717, 1.165) is 4.88 Å². The van der Waals surface area contributed by atoms with Crippen molar-refractivity contribution >= 4 is 17.5 Å². The van der Waals surface area contributed by atoms with Gasteiger partial charge in [0.1, 0.15) is 0 Å². The van der Waals surface area contributed by atoms with E-state index in [-0.39, 0.29) is 5.97 Å². The Morgan fingerprint density at radius 3 is 2.90 bits per heavy atom. The largest absolute Gasteiger partial charge is 0.465 e. The maximum absolute atomic E-state index is 10.8. The summed E-state index contributed by atoms with van der Waals surface area (Å²) in [7, 11) is 1.36. The van der Waals surface area contributed by atoms with Gasteiger partial charge in [-0.05, 0) is 18.5 Å². The van der Waals surface area contributed by atoms with Crippen molar-refractivity contribution in [2.75, 3.05) is 7.11 Å². The van der Waals surface area contributed by atoms with Crippen LogP contribution in [0.4, 0.5) is 0 Å². The van der Waals surface area contributed by atoms with Crippen LogP contribution in [0.15, 0.2) is 6.20 Å². The summed E-state index contributed by atoms with van der Waals surface area (Å²) in [4.78, 5) is 11.7. The lowest BCUT2D eigenvalue weighted by molar-refractivity contribution is 0.0600. The molecule has 0 atom stereocenters. The van der Waals surface area contributed by atoms with Crippen molar-refractivity contribution in [1.29, 1.82) is 0 Å². The van der Waals surface area contributed by atoms with Gasteiger partial charge in [-0.25, -0.2) is 4.79 Å². The minimum absolute atomic E-state index is 0.314. The first-order valence-corrected chi connectivity index (χ1v) is 3.52. The number of esters is 1. The molecule has 1 heterocycles. The lowest BCUT2D eigenvalue weighted by Crippen LogP contribution is -2.00. The van der Waals surface area contributed by atoms with E-state index in [4.69, 9.17) is 0 Å². The monoisotopic (exact) mass is 157 g/mol. The lowest BCUT2D eigenvalue weighted by atomic mass is 10.3. The highest BCUT2D eigenvalue weighted by atomic mass is 32.1. The van der Waals surface area contributed by atoms with Crippen molar-refractivity contribution < 1.29 is 9.53 Å². The van der Waals surface area contributed by atoms with Gasteiger partial charge in [-0.15, -0.1) is 0 Å². The third-order valence-electron chi connectivity index (χ3n) is 1.16. The number of aromatic nitrogens is 1. The quantitative estimate of drug-likeness (QED) is 0.576. The second-order valence-corrected chi connectivity index (χ2v) is 2.79. The average molecular weight is 157 g/mol. The van der Waals surface area contributed by atoms with Gasteiger partial charge >= 0.3 is 5.97 Å². The molecule has 0 bridgehead atoms. The molecule has 3 nitrogen and oxygen atoms in total. The minimum atomic E-state index is -0.314. The summed E-state index contributed by atoms with van der Waals surface area (Å²) < 4.78 is 8.33. The highest BCUT2D eigenvalue weighted by molar-refractivity contribution is 7.06. The number of ether oxygens (including phenoxy) is 1. The summed E-state index contributed by atoms with van der Waals surface area (Å²) in [5.41, 5.74) is 0.563. The van der Waals surface area contributed by atoms with Gasteiger partial charge in [-0.1, -0.05) is 0 Å². The molecule has 1 aromatic heterocycles. The van der Waals surface area contributed by atoms with Gasteiger partial charge in [-0.3, -0.25) is 0 Å². The Morgan fingerprint density at radius 1 is 1.80 bits per heavy atom. The van der Waals surface area contributed by atoms with Crippen molar-refractivity contribution in [2.24, 2.45) is 0 Å². The van der Waals surface area contributed by atoms with Gasteiger partial charge in [-0.2, -0.15) is 4.37 Å². The smallest absolute Gasteiger partial charge is 0.340 e. The summed E-state index contributed by atoms with van der Waals surface area (Å²) >= 11 is 1.30. The Balaban J connectivity index is 2.93. The molecular weight excluding hydrogens is 150 g/mol. The Kier molecular flexibility index (Phi) is 2.01. The van der Waals surface area contributed by atoms with E-state index in [1.165, 1.54) is 24.8 Å². The van der Waals surface area contributed by atoms with Crippen LogP contribution in [0.3, 0.4) is 0 Å². The SMILES string of the molecule is COC(=O)c1cnsc1C. The highest BCUT2D eigenvalue weighted by Gasteiger charge is 2.09. The molecule has 0 aliphatic carbocycles. The van der Waals surface area contributed by atoms with Crippen molar-refractivity contribution in [3.63, 3.8) is 0 Å². The second-order valence-electron chi connectivity index (χ2n) is 1.79. The molecule has 0 N–H and O–H groups in total. The molecule has 0 amide bonds. The summed E-state index contributed by atoms with van der Waals surface area (Å²) in [6, 6.07) is 0. The first kappa shape index (κ1) is 7.21. The fourth-order valence-electron chi connectivity index (χ4n) is 0.605. The topological polar surface area (TPSA) is 39.2 Å². The molecule has 0 aliphatic rings. The second kappa shape index (κ2) is 2.79. The number of rotatable bonds is 1. The van der Waals surface area contributed by atoms with Gasteiger partial charge < -0.3 is 4.74 Å². The van der Waals surface area contributed by atoms with Crippen LogP contribution >= 0.6 is 11.5 Å². The molecule has 4 heteroatoms. The summed E-state index contributed by atoms with van der Waals surface area (Å²) in [5, 5.41) is 0. The molecule has 0 radical (unpaired) electrons. The predicted molar refractivity (Wildman–Crippen MR) is 38.2 cm³/mol. The maximum Gasteiger partial charge on any atom is 0.340 e. The van der Waals surface area contributed by atoms with Crippen LogP contribution < -0.4 is 0 Å². The van der Waals surface area contributed by atoms with Gasteiger partial charge in [0.2, 0.25) is 0 Å². The molecule has 0 saturated carbocycles. The molecular formula is C6H7NO2S. The van der Waals surface area contributed by atoms with E-state index in [1.807, 2.05) is 6.92 Å². The summed E-state index contributed by atoms with van der Waals surface area (Å²) in [6.45, 7) is 1.84. The third-order valence-corrected chi connectivity index (χ3v) is 1.86. The van der Waals surface area contributed by atoms with Crippen LogP contribution in [-0.2, 0) is 4.74 Å². The molecule has 0 fully saturated rings. The molecule has 10 heavy (non-hydrogen) atoms. The molecule has 1 rings (SSSR count). The Morgan fingerprint density at radius 2 is 2.50 bits per heavy atom. The Hall–Kier alpha value is -0.900. The van der Waals surface area contributed by atoms with Gasteiger partial charge in [0.15, 0.2) is 0 Å². The van der Waals surface area contributed by atoms with Gasteiger partial charge in [0, 0.05) is 4.88 Å². The number of carbonyl (C=O) groups is 1. The minimum Gasteiger partial charge on any atom is -0.465 e. The van der Waals surface area contributed by atoms with Crippen molar-refractivity contribution in [3.05, 3.63) is 16.6 Å². The van der Waals surface area contributed by atoms with Crippen LogP contribution in [0.2, 0.25) is 0 Å². The fraction of sp³-hybridized carbons (Fsp3) is 0.333. The first-order valence-electron chi connectivity index (χ1n) is 2.75. The molecule has 0 spiro atoms. The van der Waals surface area contributed by atoms with Crippen LogP contribution in [0.1, 0.15) is 15.2 Å². The Labute approximate surface area is 62.8 Å². The molecule has 0 aromatic carbocycles. The standard InChI is InChI=1S/C6H7NO2S/c1-4-5(3-7-10-4)6(8)9-2/h3H,1-2H3. The van der Waals surface area contributed by atoms with E-state index < -0.39 is 0 Å². The van der Waals surface area contributed by atoms with Crippen molar-refractivity contribution in [2.45, 2.75) is 6.92 Å². The van der Waals surface area contributed by atoms with Crippen LogP contribution in [0.25, 0.3) is 0 Å². The molecule has 54 valence electrons. The summed E-state index contributed by atoms with van der Waals surface area (Å²) in [6.07, 6.45) is 1.52. The number of carbonyl (C=O) groups excluding carboxylic acids is 1. The van der Waals surface area contributed by atoms with Gasteiger partial charge in [0.05, 0.1) is 18.9 Å². The molecule has 1 aromatic rings. The van der Waals surface area contributed by atoms with Gasteiger partial charge in [0.25, 0.3) is 0 Å². The number of nitrogens with zero attached hydrogens (tertiary/aromatic N) is 1. The van der Waals surface area contributed by atoms with Crippen molar-refractivity contribution in [3.8, 4) is 0 Å². The highest BCUT2D eigenvalue weighted by Crippen LogP contribution is 2.11. The van der Waals surface area contributed by atoms with E-state index in [1.54, 1.807) is 0 Å². The maximum atomic E-state index is 10.8. The number of methoxy groups -OCH3 is 1. The van der Waals surface area contributed by atoms with Crippen molar-refractivity contribution in [1.82, 2.24) is 4.37 Å². The molecule has 0 unspecified atom stereocenters. The average Bonchev–Trinajstić information content (AvgIpc) is 2.34. The summed E-state index contributed by atoms with van der Waals surface area (Å²) in [5.74, 6) is -0.314. The normalized spacial score (nSPS) is 9.40. The predicted octanol–water partition coefficient (Wildman–Crippen LogP) is 1.24. The molecule has 0 saturated heterocycles. The third kappa shape index (κ3) is 1.16. The van der Waals surface area contributed by atoms with Crippen LogP contribution in [-0.4, -0.2) is 17.5 Å². The fourth-order valence-corrected chi connectivity index (χ4v) is 1.16. The number of hydrogen-bond acceptors (Lipinski definition) is 4. The van der Waals surface area contributed by atoms with E-state index in [0.29, 0.717) is 5.56 Å². The zero-order chi connectivity index (χ0) is 7.56. The number of aryl methyl sites for hydroxylation is 1. The Bertz CT molecular complexity index is 244. The van der Waals surface area contributed by atoms with Crippen LogP contribution in [0, 0.1) is 6.92 Å². The van der Waals surface area contributed by atoms with E-state index >= 15 is 0 Å². The zero-order valence-electron chi connectivity index (χ0n) is 5.75. The van der Waals surface area contributed by atoms with Crippen LogP contribution in [0.5, 0.6) is 0 Å². The molecule has 0 aliphatic heterocycles. The zero-order valence-corrected chi connectivity index (χ0v) is 6.57.